The molecule has 0 bridgehead atoms. The lowest BCUT2D eigenvalue weighted by Crippen LogP contribution is -2.35. The lowest BCUT2D eigenvalue weighted by molar-refractivity contribution is 0.341. The minimum atomic E-state index is 0.610. The number of hydrogen-bond acceptors (Lipinski definition) is 3. The fraction of sp³-hybridized carbons (Fsp3) is 0.533. The standard InChI is InChI=1S/C15H22N4/c1-10-3-5-12(6-4-10)19(2)15-8-14-11(7-13(15)16)9-17-18-14/h7-10,12H,3-6,16H2,1-2H3,(H,17,18). The highest BCUT2D eigenvalue weighted by Gasteiger charge is 2.23. The largest absolute Gasteiger partial charge is 0.397 e. The highest BCUT2D eigenvalue weighted by Crippen LogP contribution is 2.33. The fourth-order valence-corrected chi connectivity index (χ4v) is 3.13. The average molecular weight is 258 g/mol. The van der Waals surface area contributed by atoms with Crippen LogP contribution in [0.2, 0.25) is 0 Å². The van der Waals surface area contributed by atoms with E-state index in [2.05, 4.69) is 35.1 Å². The minimum absolute atomic E-state index is 0.610. The van der Waals surface area contributed by atoms with Crippen LogP contribution >= 0.6 is 0 Å². The van der Waals surface area contributed by atoms with E-state index in [0.717, 1.165) is 28.2 Å². The Morgan fingerprint density at radius 2 is 2.00 bits per heavy atom. The first-order chi connectivity index (χ1) is 9.15. The molecule has 0 atom stereocenters. The number of benzene rings is 1. The van der Waals surface area contributed by atoms with E-state index in [9.17, 15) is 0 Å². The second-order valence-corrected chi connectivity index (χ2v) is 5.89. The number of nitrogens with zero attached hydrogens (tertiary/aromatic N) is 2. The van der Waals surface area contributed by atoms with Crippen molar-refractivity contribution < 1.29 is 0 Å². The van der Waals surface area contributed by atoms with Gasteiger partial charge in [0.25, 0.3) is 0 Å². The Bertz CT molecular complexity index is 567. The van der Waals surface area contributed by atoms with Crippen molar-refractivity contribution in [2.24, 2.45) is 5.92 Å². The molecule has 1 fully saturated rings. The zero-order valence-corrected chi connectivity index (χ0v) is 11.7. The lowest BCUT2D eigenvalue weighted by atomic mass is 9.86. The lowest BCUT2D eigenvalue weighted by Gasteiger charge is -2.35. The van der Waals surface area contributed by atoms with Crippen molar-refractivity contribution in [1.29, 1.82) is 0 Å². The summed E-state index contributed by atoms with van der Waals surface area (Å²) in [6, 6.07) is 4.74. The number of nitrogens with one attached hydrogen (secondary N) is 1. The van der Waals surface area contributed by atoms with Crippen LogP contribution < -0.4 is 10.6 Å². The summed E-state index contributed by atoms with van der Waals surface area (Å²) in [6.07, 6.45) is 6.98. The van der Waals surface area contributed by atoms with E-state index < -0.39 is 0 Å². The van der Waals surface area contributed by atoms with E-state index in [0.29, 0.717) is 6.04 Å². The molecule has 2 aromatic rings. The van der Waals surface area contributed by atoms with Gasteiger partial charge in [-0.3, -0.25) is 5.10 Å². The summed E-state index contributed by atoms with van der Waals surface area (Å²) in [6.45, 7) is 2.35. The fourth-order valence-electron chi connectivity index (χ4n) is 3.13. The van der Waals surface area contributed by atoms with Gasteiger partial charge >= 0.3 is 0 Å². The van der Waals surface area contributed by atoms with Crippen LogP contribution in [0.25, 0.3) is 10.9 Å². The highest BCUT2D eigenvalue weighted by atomic mass is 15.1. The van der Waals surface area contributed by atoms with Crippen molar-refractivity contribution in [1.82, 2.24) is 10.2 Å². The zero-order chi connectivity index (χ0) is 13.4. The van der Waals surface area contributed by atoms with Crippen molar-refractivity contribution in [2.45, 2.75) is 38.6 Å². The van der Waals surface area contributed by atoms with Gasteiger partial charge in [-0.05, 0) is 43.7 Å². The molecule has 0 aliphatic heterocycles. The molecule has 102 valence electrons. The third-order valence-corrected chi connectivity index (χ3v) is 4.50. The third kappa shape index (κ3) is 2.27. The van der Waals surface area contributed by atoms with Crippen LogP contribution in [-0.2, 0) is 0 Å². The number of anilines is 2. The number of nitrogen functional groups attached to an aromatic ring is 1. The number of nitrogens with two attached hydrogens (primary N) is 1. The van der Waals surface area contributed by atoms with E-state index in [1.54, 1.807) is 0 Å². The molecule has 1 heterocycles. The first kappa shape index (κ1) is 12.3. The average Bonchev–Trinajstić information content (AvgIpc) is 2.85. The molecule has 3 rings (SSSR count). The number of rotatable bonds is 2. The van der Waals surface area contributed by atoms with Crippen LogP contribution in [0.1, 0.15) is 32.6 Å². The highest BCUT2D eigenvalue weighted by molar-refractivity contribution is 5.88. The van der Waals surface area contributed by atoms with Gasteiger partial charge in [0, 0.05) is 18.5 Å². The maximum absolute atomic E-state index is 6.20. The number of fused-ring (bicyclic) bond motifs is 1. The summed E-state index contributed by atoms with van der Waals surface area (Å²) in [4.78, 5) is 2.35. The van der Waals surface area contributed by atoms with Gasteiger partial charge in [-0.2, -0.15) is 5.10 Å². The molecular formula is C15H22N4. The van der Waals surface area contributed by atoms with Crippen molar-refractivity contribution >= 4 is 22.3 Å². The molecule has 0 saturated heterocycles. The summed E-state index contributed by atoms with van der Waals surface area (Å²) in [7, 11) is 2.16. The molecule has 4 heteroatoms. The van der Waals surface area contributed by atoms with Gasteiger partial charge in [0.05, 0.1) is 23.1 Å². The Morgan fingerprint density at radius 1 is 1.26 bits per heavy atom. The van der Waals surface area contributed by atoms with E-state index in [1.165, 1.54) is 25.7 Å². The van der Waals surface area contributed by atoms with E-state index in [1.807, 2.05) is 12.3 Å². The zero-order valence-electron chi connectivity index (χ0n) is 11.7. The van der Waals surface area contributed by atoms with Crippen molar-refractivity contribution in [3.05, 3.63) is 18.3 Å². The van der Waals surface area contributed by atoms with Gasteiger partial charge < -0.3 is 10.6 Å². The molecular weight excluding hydrogens is 236 g/mol. The van der Waals surface area contributed by atoms with Gasteiger partial charge in [-0.25, -0.2) is 0 Å². The molecule has 1 aromatic heterocycles. The number of H-pyrrole nitrogens is 1. The molecule has 19 heavy (non-hydrogen) atoms. The van der Waals surface area contributed by atoms with Gasteiger partial charge in [-0.1, -0.05) is 6.92 Å². The number of aromatic nitrogens is 2. The molecule has 1 aliphatic rings. The second kappa shape index (κ2) is 4.76. The minimum Gasteiger partial charge on any atom is -0.397 e. The topological polar surface area (TPSA) is 57.9 Å². The predicted molar refractivity (Wildman–Crippen MR) is 80.3 cm³/mol. The molecule has 0 amide bonds. The van der Waals surface area contributed by atoms with E-state index in [4.69, 9.17) is 5.73 Å². The number of hydrogen-bond donors (Lipinski definition) is 2. The maximum atomic E-state index is 6.20. The summed E-state index contributed by atoms with van der Waals surface area (Å²) in [5, 5.41) is 8.16. The van der Waals surface area contributed by atoms with Crippen LogP contribution in [0, 0.1) is 5.92 Å². The smallest absolute Gasteiger partial charge is 0.0672 e. The van der Waals surface area contributed by atoms with E-state index >= 15 is 0 Å². The molecule has 0 radical (unpaired) electrons. The third-order valence-electron chi connectivity index (χ3n) is 4.50. The van der Waals surface area contributed by atoms with Crippen LogP contribution in [-0.4, -0.2) is 23.3 Å². The van der Waals surface area contributed by atoms with Crippen molar-refractivity contribution in [2.75, 3.05) is 17.7 Å². The maximum Gasteiger partial charge on any atom is 0.0672 e. The SMILES string of the molecule is CC1CCC(N(C)c2cc3[nH]ncc3cc2N)CC1. The first-order valence-electron chi connectivity index (χ1n) is 7.10. The second-order valence-electron chi connectivity index (χ2n) is 5.89. The Labute approximate surface area is 114 Å². The van der Waals surface area contributed by atoms with Gasteiger partial charge in [0.15, 0.2) is 0 Å². The molecule has 3 N–H and O–H groups in total. The summed E-state index contributed by atoms with van der Waals surface area (Å²) >= 11 is 0. The monoisotopic (exact) mass is 258 g/mol. The molecule has 1 aliphatic carbocycles. The molecule has 0 spiro atoms. The van der Waals surface area contributed by atoms with Crippen molar-refractivity contribution in [3.8, 4) is 0 Å². The molecule has 0 unspecified atom stereocenters. The van der Waals surface area contributed by atoms with E-state index in [-0.39, 0.29) is 0 Å². The summed E-state index contributed by atoms with van der Waals surface area (Å²) < 4.78 is 0. The molecule has 1 aromatic carbocycles. The van der Waals surface area contributed by atoms with Crippen molar-refractivity contribution in [3.63, 3.8) is 0 Å². The van der Waals surface area contributed by atoms with Gasteiger partial charge in [-0.15, -0.1) is 0 Å². The summed E-state index contributed by atoms with van der Waals surface area (Å²) in [5.41, 5.74) is 9.22. The Morgan fingerprint density at radius 3 is 2.74 bits per heavy atom. The summed E-state index contributed by atoms with van der Waals surface area (Å²) in [5.74, 6) is 0.872. The van der Waals surface area contributed by atoms with Crippen LogP contribution in [0.15, 0.2) is 18.3 Å². The Balaban J connectivity index is 1.88. The normalized spacial score (nSPS) is 23.7. The van der Waals surface area contributed by atoms with Gasteiger partial charge in [0.2, 0.25) is 0 Å². The molecule has 4 nitrogen and oxygen atoms in total. The van der Waals surface area contributed by atoms with Crippen LogP contribution in [0.3, 0.4) is 0 Å². The van der Waals surface area contributed by atoms with Crippen LogP contribution in [0.5, 0.6) is 0 Å². The first-order valence-corrected chi connectivity index (χ1v) is 7.10. The molecule has 1 saturated carbocycles. The van der Waals surface area contributed by atoms with Gasteiger partial charge in [0.1, 0.15) is 0 Å². The predicted octanol–water partition coefficient (Wildman–Crippen LogP) is 3.16. The number of aromatic amines is 1. The Kier molecular flexibility index (Phi) is 3.09. The Hall–Kier alpha value is -1.71. The van der Waals surface area contributed by atoms with Crippen LogP contribution in [0.4, 0.5) is 11.4 Å². The quantitative estimate of drug-likeness (QED) is 0.813.